The van der Waals surface area contributed by atoms with Crippen molar-refractivity contribution in [2.75, 3.05) is 17.7 Å². The van der Waals surface area contributed by atoms with Crippen molar-refractivity contribution in [2.24, 2.45) is 7.05 Å². The van der Waals surface area contributed by atoms with Crippen molar-refractivity contribution in [2.45, 2.75) is 6.92 Å². The van der Waals surface area contributed by atoms with Gasteiger partial charge in [-0.2, -0.15) is 5.10 Å². The standard InChI is InChI=1S/C15H17N7/c1-10-6-11(7-18-14(10)16-2)13-4-5-17-15(21-13)20-12-8-19-22(3)9-12/h4-9H,1-3H3,(H,16,18)(H,17,20,21). The summed E-state index contributed by atoms with van der Waals surface area (Å²) in [4.78, 5) is 13.1. The van der Waals surface area contributed by atoms with Gasteiger partial charge in [0, 0.05) is 38.2 Å². The van der Waals surface area contributed by atoms with Gasteiger partial charge in [-0.1, -0.05) is 0 Å². The second-order valence-corrected chi connectivity index (χ2v) is 4.93. The molecule has 112 valence electrons. The van der Waals surface area contributed by atoms with Crippen molar-refractivity contribution in [1.29, 1.82) is 0 Å². The molecule has 0 fully saturated rings. The van der Waals surface area contributed by atoms with E-state index in [-0.39, 0.29) is 0 Å². The van der Waals surface area contributed by atoms with Gasteiger partial charge in [-0.05, 0) is 24.6 Å². The van der Waals surface area contributed by atoms with Crippen LogP contribution in [0.4, 0.5) is 17.5 Å². The molecular weight excluding hydrogens is 278 g/mol. The van der Waals surface area contributed by atoms with Crippen molar-refractivity contribution in [3.63, 3.8) is 0 Å². The maximum Gasteiger partial charge on any atom is 0.227 e. The van der Waals surface area contributed by atoms with Crippen molar-refractivity contribution in [3.8, 4) is 11.3 Å². The molecule has 3 heterocycles. The lowest BCUT2D eigenvalue weighted by molar-refractivity contribution is 0.768. The number of hydrogen-bond donors (Lipinski definition) is 2. The molecule has 7 heteroatoms. The van der Waals surface area contributed by atoms with Crippen LogP contribution in [0.1, 0.15) is 5.56 Å². The molecule has 3 aromatic rings. The minimum absolute atomic E-state index is 0.529. The van der Waals surface area contributed by atoms with Gasteiger partial charge >= 0.3 is 0 Å². The summed E-state index contributed by atoms with van der Waals surface area (Å²) in [5.74, 6) is 1.40. The molecule has 0 aromatic carbocycles. The Bertz CT molecular complexity index is 794. The molecule has 3 aromatic heterocycles. The molecule has 0 aliphatic heterocycles. The van der Waals surface area contributed by atoms with Crippen LogP contribution in [-0.4, -0.2) is 31.8 Å². The smallest absolute Gasteiger partial charge is 0.227 e. The average Bonchev–Trinajstić information content (AvgIpc) is 2.92. The quantitative estimate of drug-likeness (QED) is 0.769. The molecule has 0 atom stereocenters. The van der Waals surface area contributed by atoms with Crippen molar-refractivity contribution < 1.29 is 0 Å². The first-order valence-corrected chi connectivity index (χ1v) is 6.89. The SMILES string of the molecule is CNc1ncc(-c2ccnc(Nc3cnn(C)c3)n2)cc1C. The van der Waals surface area contributed by atoms with E-state index in [1.807, 2.05) is 33.3 Å². The number of rotatable bonds is 4. The van der Waals surface area contributed by atoms with E-state index >= 15 is 0 Å². The Morgan fingerprint density at radius 3 is 2.73 bits per heavy atom. The van der Waals surface area contributed by atoms with Crippen LogP contribution in [0.15, 0.2) is 36.9 Å². The van der Waals surface area contributed by atoms with Crippen LogP contribution in [-0.2, 0) is 7.05 Å². The topological polar surface area (TPSA) is 80.5 Å². The van der Waals surface area contributed by atoms with Crippen LogP contribution in [0.3, 0.4) is 0 Å². The van der Waals surface area contributed by atoms with Crippen LogP contribution in [0.5, 0.6) is 0 Å². The van der Waals surface area contributed by atoms with E-state index in [0.717, 1.165) is 28.3 Å². The largest absolute Gasteiger partial charge is 0.373 e. The highest BCUT2D eigenvalue weighted by Gasteiger charge is 2.06. The van der Waals surface area contributed by atoms with Crippen molar-refractivity contribution in [3.05, 3.63) is 42.5 Å². The fourth-order valence-electron chi connectivity index (χ4n) is 2.17. The molecule has 0 aliphatic rings. The summed E-state index contributed by atoms with van der Waals surface area (Å²) in [6, 6.07) is 3.92. The summed E-state index contributed by atoms with van der Waals surface area (Å²) in [6.45, 7) is 2.01. The third-order valence-corrected chi connectivity index (χ3v) is 3.23. The molecule has 0 radical (unpaired) electrons. The lowest BCUT2D eigenvalue weighted by Crippen LogP contribution is -1.99. The zero-order valence-electron chi connectivity index (χ0n) is 12.7. The van der Waals surface area contributed by atoms with E-state index < -0.39 is 0 Å². The lowest BCUT2D eigenvalue weighted by atomic mass is 10.1. The van der Waals surface area contributed by atoms with Gasteiger partial charge in [-0.15, -0.1) is 0 Å². The summed E-state index contributed by atoms with van der Waals surface area (Å²) in [5.41, 5.74) is 3.69. The molecule has 0 amide bonds. The summed E-state index contributed by atoms with van der Waals surface area (Å²) < 4.78 is 1.72. The lowest BCUT2D eigenvalue weighted by Gasteiger charge is -2.08. The zero-order valence-corrected chi connectivity index (χ0v) is 12.7. The van der Waals surface area contributed by atoms with E-state index in [2.05, 4.69) is 36.8 Å². The summed E-state index contributed by atoms with van der Waals surface area (Å²) >= 11 is 0. The Labute approximate surface area is 128 Å². The third-order valence-electron chi connectivity index (χ3n) is 3.23. The van der Waals surface area contributed by atoms with Gasteiger partial charge in [0.05, 0.1) is 17.6 Å². The van der Waals surface area contributed by atoms with Gasteiger partial charge in [-0.3, -0.25) is 4.68 Å². The first kappa shape index (κ1) is 14.0. The Morgan fingerprint density at radius 1 is 1.18 bits per heavy atom. The Balaban J connectivity index is 1.89. The maximum atomic E-state index is 4.52. The number of pyridine rings is 1. The molecule has 0 aliphatic carbocycles. The van der Waals surface area contributed by atoms with Crippen LogP contribution < -0.4 is 10.6 Å². The summed E-state index contributed by atoms with van der Waals surface area (Å²) in [7, 11) is 3.72. The highest BCUT2D eigenvalue weighted by molar-refractivity contribution is 5.63. The fraction of sp³-hybridized carbons (Fsp3) is 0.200. The van der Waals surface area contributed by atoms with E-state index in [1.54, 1.807) is 23.3 Å². The molecule has 0 spiro atoms. The number of aryl methyl sites for hydroxylation is 2. The van der Waals surface area contributed by atoms with Crippen LogP contribution in [0.25, 0.3) is 11.3 Å². The molecule has 22 heavy (non-hydrogen) atoms. The summed E-state index contributed by atoms with van der Waals surface area (Å²) in [6.07, 6.45) is 7.12. The van der Waals surface area contributed by atoms with Crippen LogP contribution >= 0.6 is 0 Å². The van der Waals surface area contributed by atoms with Gasteiger partial charge in [0.15, 0.2) is 0 Å². The van der Waals surface area contributed by atoms with Crippen molar-refractivity contribution in [1.82, 2.24) is 24.7 Å². The minimum Gasteiger partial charge on any atom is -0.373 e. The molecule has 0 saturated heterocycles. The van der Waals surface area contributed by atoms with Crippen LogP contribution in [0, 0.1) is 6.92 Å². The molecule has 0 saturated carbocycles. The highest BCUT2D eigenvalue weighted by atomic mass is 15.3. The normalized spacial score (nSPS) is 10.5. The van der Waals surface area contributed by atoms with Crippen LogP contribution in [0.2, 0.25) is 0 Å². The Morgan fingerprint density at radius 2 is 2.05 bits per heavy atom. The Kier molecular flexibility index (Phi) is 3.69. The number of hydrogen-bond acceptors (Lipinski definition) is 6. The third kappa shape index (κ3) is 2.88. The molecule has 7 nitrogen and oxygen atoms in total. The van der Waals surface area contributed by atoms with E-state index in [0.29, 0.717) is 5.95 Å². The van der Waals surface area contributed by atoms with Gasteiger partial charge in [0.2, 0.25) is 5.95 Å². The van der Waals surface area contributed by atoms with E-state index in [9.17, 15) is 0 Å². The molecule has 0 bridgehead atoms. The predicted molar refractivity (Wildman–Crippen MR) is 86.0 cm³/mol. The minimum atomic E-state index is 0.529. The number of nitrogens with one attached hydrogen (secondary N) is 2. The molecule has 0 unspecified atom stereocenters. The van der Waals surface area contributed by atoms with E-state index in [4.69, 9.17) is 0 Å². The first-order chi connectivity index (χ1) is 10.7. The predicted octanol–water partition coefficient (Wildman–Crippen LogP) is 2.37. The second kappa shape index (κ2) is 5.80. The number of anilines is 3. The highest BCUT2D eigenvalue weighted by Crippen LogP contribution is 2.22. The fourth-order valence-corrected chi connectivity index (χ4v) is 2.17. The first-order valence-electron chi connectivity index (χ1n) is 6.89. The number of aromatic nitrogens is 5. The average molecular weight is 295 g/mol. The van der Waals surface area contributed by atoms with Gasteiger partial charge < -0.3 is 10.6 Å². The molecule has 3 rings (SSSR count). The maximum absolute atomic E-state index is 4.52. The monoisotopic (exact) mass is 295 g/mol. The van der Waals surface area contributed by atoms with E-state index in [1.165, 1.54) is 0 Å². The second-order valence-electron chi connectivity index (χ2n) is 4.93. The summed E-state index contributed by atoms with van der Waals surface area (Å²) in [5, 5.41) is 10.3. The Hall–Kier alpha value is -2.96. The van der Waals surface area contributed by atoms with Gasteiger partial charge in [0.25, 0.3) is 0 Å². The number of nitrogens with zero attached hydrogens (tertiary/aromatic N) is 5. The van der Waals surface area contributed by atoms with Gasteiger partial charge in [0.1, 0.15) is 5.82 Å². The van der Waals surface area contributed by atoms with Crippen molar-refractivity contribution >= 4 is 17.5 Å². The molecule has 2 N–H and O–H groups in total. The molecular formula is C15H17N7. The van der Waals surface area contributed by atoms with Gasteiger partial charge in [-0.25, -0.2) is 15.0 Å². The zero-order chi connectivity index (χ0) is 15.5.